The minimum Gasteiger partial charge on any atom is -0.449 e. The van der Waals surface area contributed by atoms with Gasteiger partial charge >= 0.3 is 0 Å². The van der Waals surface area contributed by atoms with Gasteiger partial charge in [0.1, 0.15) is 12.0 Å². The quantitative estimate of drug-likeness (QED) is 0.771. The number of aliphatic hydroxyl groups is 1. The van der Waals surface area contributed by atoms with Crippen LogP contribution >= 0.6 is 0 Å². The molecule has 1 atom stereocenters. The molecular formula is C10H16N2O2. The SMILES string of the molecule is CN1CCC(Cc2nc(CO)co2)C1. The van der Waals surface area contributed by atoms with Crippen molar-refractivity contribution in [2.24, 2.45) is 5.92 Å². The predicted octanol–water partition coefficient (Wildman–Crippen LogP) is 0.661. The Morgan fingerprint density at radius 3 is 3.14 bits per heavy atom. The van der Waals surface area contributed by atoms with Crippen molar-refractivity contribution in [1.82, 2.24) is 9.88 Å². The van der Waals surface area contributed by atoms with Gasteiger partial charge in [-0.05, 0) is 25.9 Å². The molecule has 78 valence electrons. The lowest BCUT2D eigenvalue weighted by Gasteiger charge is -2.07. The van der Waals surface area contributed by atoms with Gasteiger partial charge in [0.2, 0.25) is 0 Å². The first-order valence-corrected chi connectivity index (χ1v) is 5.00. The van der Waals surface area contributed by atoms with Crippen LogP contribution in [-0.4, -0.2) is 35.1 Å². The highest BCUT2D eigenvalue weighted by atomic mass is 16.3. The van der Waals surface area contributed by atoms with Gasteiger partial charge in [-0.2, -0.15) is 0 Å². The fourth-order valence-corrected chi connectivity index (χ4v) is 1.96. The number of hydrogen-bond acceptors (Lipinski definition) is 4. The summed E-state index contributed by atoms with van der Waals surface area (Å²) in [5.41, 5.74) is 0.631. The van der Waals surface area contributed by atoms with Gasteiger partial charge in [-0.25, -0.2) is 4.98 Å². The van der Waals surface area contributed by atoms with Gasteiger partial charge in [0, 0.05) is 13.0 Å². The Balaban J connectivity index is 1.90. The van der Waals surface area contributed by atoms with E-state index < -0.39 is 0 Å². The molecule has 0 aliphatic carbocycles. The lowest BCUT2D eigenvalue weighted by Crippen LogP contribution is -2.15. The minimum atomic E-state index is -0.0337. The fourth-order valence-electron chi connectivity index (χ4n) is 1.96. The fraction of sp³-hybridized carbons (Fsp3) is 0.700. The van der Waals surface area contributed by atoms with Crippen LogP contribution in [0.5, 0.6) is 0 Å². The smallest absolute Gasteiger partial charge is 0.194 e. The van der Waals surface area contributed by atoms with Crippen LogP contribution in [0.3, 0.4) is 0 Å². The van der Waals surface area contributed by atoms with Crippen LogP contribution in [0.2, 0.25) is 0 Å². The molecule has 1 N–H and O–H groups in total. The van der Waals surface area contributed by atoms with Crippen LogP contribution in [0.15, 0.2) is 10.7 Å². The van der Waals surface area contributed by atoms with E-state index in [1.165, 1.54) is 12.7 Å². The number of rotatable bonds is 3. The molecule has 1 aliphatic rings. The van der Waals surface area contributed by atoms with E-state index in [1.807, 2.05) is 0 Å². The largest absolute Gasteiger partial charge is 0.449 e. The lowest BCUT2D eigenvalue weighted by molar-refractivity contribution is 0.276. The summed E-state index contributed by atoms with van der Waals surface area (Å²) >= 11 is 0. The number of oxazole rings is 1. The first kappa shape index (κ1) is 9.68. The molecule has 0 radical (unpaired) electrons. The highest BCUT2D eigenvalue weighted by molar-refractivity contribution is 4.96. The topological polar surface area (TPSA) is 49.5 Å². The Hall–Kier alpha value is -0.870. The zero-order valence-electron chi connectivity index (χ0n) is 8.44. The van der Waals surface area contributed by atoms with E-state index in [9.17, 15) is 0 Å². The van der Waals surface area contributed by atoms with Gasteiger partial charge in [0.05, 0.1) is 6.61 Å². The van der Waals surface area contributed by atoms with Crippen LogP contribution < -0.4 is 0 Å². The summed E-state index contributed by atoms with van der Waals surface area (Å²) in [5, 5.41) is 8.82. The van der Waals surface area contributed by atoms with E-state index in [0.29, 0.717) is 11.6 Å². The van der Waals surface area contributed by atoms with Crippen LogP contribution in [0.1, 0.15) is 18.0 Å². The van der Waals surface area contributed by atoms with Crippen molar-refractivity contribution in [3.05, 3.63) is 17.8 Å². The molecule has 4 heteroatoms. The maximum absolute atomic E-state index is 8.82. The summed E-state index contributed by atoms with van der Waals surface area (Å²) in [5.74, 6) is 1.42. The molecule has 4 nitrogen and oxygen atoms in total. The van der Waals surface area contributed by atoms with Crippen molar-refractivity contribution in [3.8, 4) is 0 Å². The summed E-state index contributed by atoms with van der Waals surface area (Å²) in [4.78, 5) is 6.50. The summed E-state index contributed by atoms with van der Waals surface area (Å²) in [6.45, 7) is 2.25. The Morgan fingerprint density at radius 1 is 1.71 bits per heavy atom. The molecule has 0 bridgehead atoms. The Kier molecular flexibility index (Phi) is 2.84. The molecule has 0 aromatic carbocycles. The van der Waals surface area contributed by atoms with E-state index in [0.717, 1.165) is 25.4 Å². The number of hydrogen-bond donors (Lipinski definition) is 1. The van der Waals surface area contributed by atoms with Gasteiger partial charge < -0.3 is 14.4 Å². The van der Waals surface area contributed by atoms with Crippen LogP contribution in [0.25, 0.3) is 0 Å². The third kappa shape index (κ3) is 2.13. The molecule has 1 fully saturated rings. The minimum absolute atomic E-state index is 0.0337. The van der Waals surface area contributed by atoms with Gasteiger partial charge in [-0.15, -0.1) is 0 Å². The van der Waals surface area contributed by atoms with E-state index in [2.05, 4.69) is 16.9 Å². The molecule has 0 amide bonds. The number of nitrogens with zero attached hydrogens (tertiary/aromatic N) is 2. The van der Waals surface area contributed by atoms with Crippen LogP contribution in [-0.2, 0) is 13.0 Å². The molecular weight excluding hydrogens is 180 g/mol. The molecule has 0 saturated carbocycles. The molecule has 1 aromatic heterocycles. The molecule has 2 heterocycles. The zero-order valence-corrected chi connectivity index (χ0v) is 8.44. The van der Waals surface area contributed by atoms with Crippen LogP contribution in [0.4, 0.5) is 0 Å². The van der Waals surface area contributed by atoms with Gasteiger partial charge in [0.25, 0.3) is 0 Å². The second kappa shape index (κ2) is 4.11. The van der Waals surface area contributed by atoms with Crippen molar-refractivity contribution in [2.75, 3.05) is 20.1 Å². The van der Waals surface area contributed by atoms with Crippen molar-refractivity contribution in [2.45, 2.75) is 19.4 Å². The maximum Gasteiger partial charge on any atom is 0.194 e. The highest BCUT2D eigenvalue weighted by Crippen LogP contribution is 2.19. The average Bonchev–Trinajstić information content (AvgIpc) is 2.76. The normalized spacial score (nSPS) is 23.1. The average molecular weight is 196 g/mol. The second-order valence-corrected chi connectivity index (χ2v) is 4.01. The zero-order chi connectivity index (χ0) is 9.97. The number of aromatic nitrogens is 1. The monoisotopic (exact) mass is 196 g/mol. The molecule has 1 unspecified atom stereocenters. The van der Waals surface area contributed by atoms with E-state index >= 15 is 0 Å². The van der Waals surface area contributed by atoms with Gasteiger partial charge in [-0.1, -0.05) is 0 Å². The number of aliphatic hydroxyl groups excluding tert-OH is 1. The van der Waals surface area contributed by atoms with Crippen LogP contribution in [0, 0.1) is 5.92 Å². The molecule has 1 saturated heterocycles. The first-order chi connectivity index (χ1) is 6.78. The summed E-state index contributed by atoms with van der Waals surface area (Å²) in [7, 11) is 2.13. The second-order valence-electron chi connectivity index (χ2n) is 4.01. The van der Waals surface area contributed by atoms with Crippen molar-refractivity contribution < 1.29 is 9.52 Å². The van der Waals surface area contributed by atoms with Crippen molar-refractivity contribution >= 4 is 0 Å². The highest BCUT2D eigenvalue weighted by Gasteiger charge is 2.21. The molecule has 1 aliphatic heterocycles. The Labute approximate surface area is 83.5 Å². The van der Waals surface area contributed by atoms with E-state index in [-0.39, 0.29) is 6.61 Å². The Bertz CT molecular complexity index is 298. The van der Waals surface area contributed by atoms with Crippen molar-refractivity contribution in [3.63, 3.8) is 0 Å². The standard InChI is InChI=1S/C10H16N2O2/c1-12-3-2-8(5-12)4-10-11-9(6-13)7-14-10/h7-8,13H,2-6H2,1H3. The molecule has 2 rings (SSSR count). The van der Waals surface area contributed by atoms with Crippen molar-refractivity contribution in [1.29, 1.82) is 0 Å². The van der Waals surface area contributed by atoms with Gasteiger partial charge in [-0.3, -0.25) is 0 Å². The predicted molar refractivity (Wildman–Crippen MR) is 51.7 cm³/mol. The molecule has 14 heavy (non-hydrogen) atoms. The van der Waals surface area contributed by atoms with E-state index in [1.54, 1.807) is 0 Å². The van der Waals surface area contributed by atoms with E-state index in [4.69, 9.17) is 9.52 Å². The third-order valence-electron chi connectivity index (χ3n) is 2.71. The lowest BCUT2D eigenvalue weighted by atomic mass is 10.1. The Morgan fingerprint density at radius 2 is 2.57 bits per heavy atom. The number of likely N-dealkylation sites (tertiary alicyclic amines) is 1. The molecule has 1 aromatic rings. The maximum atomic E-state index is 8.82. The third-order valence-corrected chi connectivity index (χ3v) is 2.71. The van der Waals surface area contributed by atoms with Gasteiger partial charge in [0.15, 0.2) is 5.89 Å². The summed E-state index contributed by atoms with van der Waals surface area (Å²) in [6, 6.07) is 0. The summed E-state index contributed by atoms with van der Waals surface area (Å²) < 4.78 is 5.26. The summed E-state index contributed by atoms with van der Waals surface area (Å²) in [6.07, 6.45) is 3.64. The first-order valence-electron chi connectivity index (χ1n) is 5.00. The molecule has 0 spiro atoms.